The standard InChI is InChI=1S/C10H12Cl2F3NO2/c1-7(4-9(7,11)12)6(17)16-3-2-8(18,5-16)10(13,14)15/h18H,2-5H2,1H3/t7-,8+/m0/s1. The van der Waals surface area contributed by atoms with Gasteiger partial charge in [0, 0.05) is 13.0 Å². The third kappa shape index (κ3) is 1.89. The number of aliphatic hydroxyl groups is 1. The van der Waals surface area contributed by atoms with Gasteiger partial charge in [-0.1, -0.05) is 0 Å². The number of rotatable bonds is 1. The Morgan fingerprint density at radius 2 is 1.89 bits per heavy atom. The highest BCUT2D eigenvalue weighted by Crippen LogP contribution is 2.64. The minimum absolute atomic E-state index is 0.145. The molecule has 1 N–H and O–H groups in total. The molecule has 0 aromatic rings. The van der Waals surface area contributed by atoms with Gasteiger partial charge in [-0.3, -0.25) is 4.79 Å². The van der Waals surface area contributed by atoms with E-state index in [0.717, 1.165) is 4.90 Å². The second-order valence-corrected chi connectivity index (χ2v) is 6.70. The monoisotopic (exact) mass is 305 g/mol. The van der Waals surface area contributed by atoms with Gasteiger partial charge in [-0.15, -0.1) is 23.2 Å². The van der Waals surface area contributed by atoms with Crippen LogP contribution < -0.4 is 0 Å². The van der Waals surface area contributed by atoms with Crippen molar-refractivity contribution in [2.45, 2.75) is 35.9 Å². The van der Waals surface area contributed by atoms with Crippen molar-refractivity contribution in [2.24, 2.45) is 5.41 Å². The van der Waals surface area contributed by atoms with Crippen molar-refractivity contribution in [3.8, 4) is 0 Å². The molecule has 1 aliphatic carbocycles. The first-order valence-electron chi connectivity index (χ1n) is 5.39. The number of carbonyl (C=O) groups excluding carboxylic acids is 1. The van der Waals surface area contributed by atoms with Crippen LogP contribution in [0.4, 0.5) is 13.2 Å². The molecule has 0 spiro atoms. The maximum Gasteiger partial charge on any atom is 0.419 e. The Kier molecular flexibility index (Phi) is 2.90. The Balaban J connectivity index is 2.09. The van der Waals surface area contributed by atoms with Crippen molar-refractivity contribution in [3.05, 3.63) is 0 Å². The molecular formula is C10H12Cl2F3NO2. The van der Waals surface area contributed by atoms with Crippen LogP contribution in [0.2, 0.25) is 0 Å². The Bertz CT molecular complexity index is 401. The molecule has 0 unspecified atom stereocenters. The number of alkyl halides is 5. The molecule has 0 bridgehead atoms. The van der Waals surface area contributed by atoms with Crippen LogP contribution >= 0.6 is 23.2 Å². The van der Waals surface area contributed by atoms with E-state index in [2.05, 4.69) is 0 Å². The van der Waals surface area contributed by atoms with Crippen molar-refractivity contribution in [1.82, 2.24) is 4.90 Å². The lowest BCUT2D eigenvalue weighted by atomic mass is 10.0. The predicted molar refractivity (Wildman–Crippen MR) is 59.4 cm³/mol. The molecule has 2 atom stereocenters. The van der Waals surface area contributed by atoms with Crippen LogP contribution in [-0.4, -0.2) is 45.1 Å². The zero-order valence-electron chi connectivity index (χ0n) is 9.52. The fourth-order valence-electron chi connectivity index (χ4n) is 2.18. The lowest BCUT2D eigenvalue weighted by molar-refractivity contribution is -0.253. The van der Waals surface area contributed by atoms with E-state index in [1.165, 1.54) is 6.92 Å². The maximum atomic E-state index is 12.6. The molecule has 104 valence electrons. The normalized spacial score (nSPS) is 38.9. The fraction of sp³-hybridized carbons (Fsp3) is 0.900. The van der Waals surface area contributed by atoms with Crippen molar-refractivity contribution in [2.75, 3.05) is 13.1 Å². The van der Waals surface area contributed by atoms with Gasteiger partial charge < -0.3 is 10.0 Å². The van der Waals surface area contributed by atoms with Crippen LogP contribution in [0.1, 0.15) is 19.8 Å². The molecule has 3 nitrogen and oxygen atoms in total. The molecule has 0 aromatic heterocycles. The summed E-state index contributed by atoms with van der Waals surface area (Å²) in [5.74, 6) is -0.535. The number of β-amino-alcohol motifs (C(OH)–C–C–N with tert-alkyl or cyclic N) is 1. The lowest BCUT2D eigenvalue weighted by Gasteiger charge is -2.27. The summed E-state index contributed by atoms with van der Waals surface area (Å²) in [6.07, 6.45) is -5.05. The van der Waals surface area contributed by atoms with E-state index in [1.807, 2.05) is 0 Å². The quantitative estimate of drug-likeness (QED) is 0.754. The number of carbonyl (C=O) groups is 1. The van der Waals surface area contributed by atoms with Crippen molar-refractivity contribution in [3.63, 3.8) is 0 Å². The Labute approximate surface area is 112 Å². The summed E-state index contributed by atoms with van der Waals surface area (Å²) in [7, 11) is 0. The van der Waals surface area contributed by atoms with E-state index < -0.39 is 40.4 Å². The second kappa shape index (κ2) is 3.67. The van der Waals surface area contributed by atoms with Crippen LogP contribution in [0.5, 0.6) is 0 Å². The van der Waals surface area contributed by atoms with E-state index in [-0.39, 0.29) is 13.0 Å². The largest absolute Gasteiger partial charge is 0.419 e. The van der Waals surface area contributed by atoms with Gasteiger partial charge in [0.1, 0.15) is 4.33 Å². The number of halogens is 5. The maximum absolute atomic E-state index is 12.6. The molecular weight excluding hydrogens is 294 g/mol. The summed E-state index contributed by atoms with van der Waals surface area (Å²) in [4.78, 5) is 13.0. The van der Waals surface area contributed by atoms with Crippen molar-refractivity contribution >= 4 is 29.1 Å². The average Bonchev–Trinajstić information content (AvgIpc) is 2.59. The number of nitrogens with zero attached hydrogens (tertiary/aromatic N) is 1. The van der Waals surface area contributed by atoms with Gasteiger partial charge in [-0.05, 0) is 13.3 Å². The first-order chi connectivity index (χ1) is 7.93. The molecule has 2 rings (SSSR count). The van der Waals surface area contributed by atoms with Gasteiger partial charge in [0.05, 0.1) is 12.0 Å². The molecule has 1 aliphatic heterocycles. The third-order valence-electron chi connectivity index (χ3n) is 3.79. The molecule has 2 fully saturated rings. The Hall–Kier alpha value is -0.200. The first-order valence-corrected chi connectivity index (χ1v) is 6.15. The summed E-state index contributed by atoms with van der Waals surface area (Å²) in [5.41, 5.74) is -3.87. The zero-order valence-corrected chi connectivity index (χ0v) is 11.0. The molecule has 1 saturated carbocycles. The number of hydrogen-bond acceptors (Lipinski definition) is 2. The smallest absolute Gasteiger partial charge is 0.379 e. The summed E-state index contributed by atoms with van der Waals surface area (Å²) in [6.45, 7) is 0.614. The van der Waals surface area contributed by atoms with Crippen LogP contribution in [0, 0.1) is 5.41 Å². The zero-order chi connectivity index (χ0) is 14.0. The van der Waals surface area contributed by atoms with Gasteiger partial charge in [0.2, 0.25) is 5.91 Å². The van der Waals surface area contributed by atoms with E-state index in [4.69, 9.17) is 23.2 Å². The lowest BCUT2D eigenvalue weighted by Crippen LogP contribution is -2.49. The highest BCUT2D eigenvalue weighted by Gasteiger charge is 2.70. The van der Waals surface area contributed by atoms with E-state index in [0.29, 0.717) is 0 Å². The van der Waals surface area contributed by atoms with E-state index in [1.54, 1.807) is 0 Å². The van der Waals surface area contributed by atoms with Gasteiger partial charge in [0.15, 0.2) is 5.60 Å². The Morgan fingerprint density at radius 1 is 1.39 bits per heavy atom. The first kappa shape index (κ1) is 14.2. The summed E-state index contributed by atoms with van der Waals surface area (Å²) in [5, 5.41) is 9.48. The van der Waals surface area contributed by atoms with Gasteiger partial charge in [0.25, 0.3) is 0 Å². The summed E-state index contributed by atoms with van der Waals surface area (Å²) >= 11 is 11.6. The number of amides is 1. The molecule has 1 saturated heterocycles. The van der Waals surface area contributed by atoms with E-state index >= 15 is 0 Å². The number of likely N-dealkylation sites (tertiary alicyclic amines) is 1. The molecule has 1 heterocycles. The fourth-order valence-corrected chi connectivity index (χ4v) is 2.88. The van der Waals surface area contributed by atoms with Crippen LogP contribution in [-0.2, 0) is 4.79 Å². The van der Waals surface area contributed by atoms with Crippen LogP contribution in [0.25, 0.3) is 0 Å². The Morgan fingerprint density at radius 3 is 2.22 bits per heavy atom. The van der Waals surface area contributed by atoms with Crippen LogP contribution in [0.15, 0.2) is 0 Å². The average molecular weight is 306 g/mol. The summed E-state index contributed by atoms with van der Waals surface area (Å²) in [6, 6.07) is 0. The SMILES string of the molecule is C[C@@]1(C(=O)N2CC[C@](O)(C(F)(F)F)C2)CC1(Cl)Cl. The molecule has 18 heavy (non-hydrogen) atoms. The van der Waals surface area contributed by atoms with Gasteiger partial charge in [-0.25, -0.2) is 0 Å². The third-order valence-corrected chi connectivity index (χ3v) is 4.89. The minimum Gasteiger partial charge on any atom is -0.379 e. The van der Waals surface area contributed by atoms with Crippen molar-refractivity contribution < 1.29 is 23.1 Å². The highest BCUT2D eigenvalue weighted by molar-refractivity contribution is 6.53. The molecule has 1 amide bonds. The molecule has 2 aliphatic rings. The minimum atomic E-state index is -4.74. The van der Waals surface area contributed by atoms with Gasteiger partial charge >= 0.3 is 6.18 Å². The van der Waals surface area contributed by atoms with Gasteiger partial charge in [-0.2, -0.15) is 13.2 Å². The molecule has 0 aromatic carbocycles. The topological polar surface area (TPSA) is 40.5 Å². The molecule has 8 heteroatoms. The van der Waals surface area contributed by atoms with Crippen molar-refractivity contribution in [1.29, 1.82) is 0 Å². The summed E-state index contributed by atoms with van der Waals surface area (Å²) < 4.78 is 36.6. The second-order valence-electron chi connectivity index (χ2n) is 5.22. The van der Waals surface area contributed by atoms with E-state index in [9.17, 15) is 23.1 Å². The molecule has 0 radical (unpaired) electrons. The van der Waals surface area contributed by atoms with Crippen LogP contribution in [0.3, 0.4) is 0 Å². The highest BCUT2D eigenvalue weighted by atomic mass is 35.5. The number of hydrogen-bond donors (Lipinski definition) is 1. The predicted octanol–water partition coefficient (Wildman–Crippen LogP) is 2.10.